The summed E-state index contributed by atoms with van der Waals surface area (Å²) in [6, 6.07) is 9.45. The smallest absolute Gasteiger partial charge is 0.254 e. The molecule has 0 saturated carbocycles. The Morgan fingerprint density at radius 1 is 1.33 bits per heavy atom. The second-order valence-corrected chi connectivity index (χ2v) is 4.94. The largest absolute Gasteiger partial charge is 0.342 e. The maximum atomic E-state index is 12.3. The third-order valence-electron chi connectivity index (χ3n) is 2.85. The number of carbonyl (C=O) groups is 1. The van der Waals surface area contributed by atoms with E-state index >= 15 is 0 Å². The maximum absolute atomic E-state index is 12.3. The van der Waals surface area contributed by atoms with Gasteiger partial charge in [-0.2, -0.15) is 0 Å². The Labute approximate surface area is 115 Å². The minimum atomic E-state index is 0.0505. The van der Waals surface area contributed by atoms with Crippen molar-refractivity contribution < 1.29 is 4.79 Å². The van der Waals surface area contributed by atoms with E-state index in [0.29, 0.717) is 0 Å². The molecule has 0 aliphatic rings. The van der Waals surface area contributed by atoms with E-state index in [2.05, 4.69) is 20.9 Å². The molecule has 0 N–H and O–H groups in total. The minimum Gasteiger partial charge on any atom is -0.342 e. The number of fused-ring (bicyclic) bond motifs is 1. The quantitative estimate of drug-likeness (QED) is 0.813. The molecule has 0 spiro atoms. The molecule has 1 amide bonds. The topological polar surface area (TPSA) is 33.2 Å². The molecular formula is C14H15BrN2O. The van der Waals surface area contributed by atoms with E-state index < -0.39 is 0 Å². The van der Waals surface area contributed by atoms with Crippen LogP contribution < -0.4 is 0 Å². The van der Waals surface area contributed by atoms with Crippen molar-refractivity contribution in [1.29, 1.82) is 0 Å². The van der Waals surface area contributed by atoms with Crippen LogP contribution in [-0.2, 0) is 0 Å². The lowest BCUT2D eigenvalue weighted by molar-refractivity contribution is 0.0797. The van der Waals surface area contributed by atoms with Gasteiger partial charge in [0.25, 0.3) is 5.91 Å². The first kappa shape index (κ1) is 13.0. The summed E-state index contributed by atoms with van der Waals surface area (Å²) >= 11 is 3.38. The van der Waals surface area contributed by atoms with Gasteiger partial charge < -0.3 is 4.90 Å². The van der Waals surface area contributed by atoms with Gasteiger partial charge in [-0.1, -0.05) is 28.1 Å². The fraction of sp³-hybridized carbons (Fsp3) is 0.286. The van der Waals surface area contributed by atoms with Crippen molar-refractivity contribution in [3.05, 3.63) is 42.1 Å². The summed E-state index contributed by atoms with van der Waals surface area (Å²) in [5, 5.41) is 1.82. The van der Waals surface area contributed by atoms with Crippen LogP contribution in [0.3, 0.4) is 0 Å². The number of rotatable bonds is 4. The fourth-order valence-electron chi connectivity index (χ4n) is 1.89. The van der Waals surface area contributed by atoms with Crippen LogP contribution >= 0.6 is 15.9 Å². The predicted octanol–water partition coefficient (Wildman–Crippen LogP) is 3.09. The van der Waals surface area contributed by atoms with Crippen molar-refractivity contribution in [3.8, 4) is 0 Å². The molecule has 0 aliphatic heterocycles. The van der Waals surface area contributed by atoms with Gasteiger partial charge >= 0.3 is 0 Å². The van der Waals surface area contributed by atoms with Crippen molar-refractivity contribution in [2.75, 3.05) is 18.9 Å². The molecule has 0 unspecified atom stereocenters. The highest BCUT2D eigenvalue weighted by atomic mass is 79.9. The molecule has 94 valence electrons. The van der Waals surface area contributed by atoms with E-state index in [4.69, 9.17) is 0 Å². The number of nitrogens with zero attached hydrogens (tertiary/aromatic N) is 2. The SMILES string of the molecule is CN(CCCBr)C(=O)c1cccc2ncccc12. The third kappa shape index (κ3) is 2.70. The zero-order valence-corrected chi connectivity index (χ0v) is 11.9. The number of pyridine rings is 1. The highest BCUT2D eigenvalue weighted by molar-refractivity contribution is 9.09. The Bertz CT molecular complexity index is 551. The number of benzene rings is 1. The Balaban J connectivity index is 2.33. The van der Waals surface area contributed by atoms with Crippen LogP contribution in [0, 0.1) is 0 Å². The van der Waals surface area contributed by atoms with Gasteiger partial charge in [0.2, 0.25) is 0 Å². The Hall–Kier alpha value is -1.42. The number of alkyl halides is 1. The number of amides is 1. The number of aromatic nitrogens is 1. The standard InChI is InChI=1S/C14H15BrN2O/c1-17(10-4-8-15)14(18)12-5-2-7-13-11(12)6-3-9-16-13/h2-3,5-7,9H,4,8,10H2,1H3. The van der Waals surface area contributed by atoms with Crippen molar-refractivity contribution in [2.45, 2.75) is 6.42 Å². The van der Waals surface area contributed by atoms with E-state index in [1.54, 1.807) is 11.1 Å². The molecule has 0 aliphatic carbocycles. The number of halogens is 1. The normalized spacial score (nSPS) is 10.6. The van der Waals surface area contributed by atoms with Crippen LogP contribution in [0.2, 0.25) is 0 Å². The molecule has 0 radical (unpaired) electrons. The molecule has 1 heterocycles. The summed E-state index contributed by atoms with van der Waals surface area (Å²) in [4.78, 5) is 18.4. The Morgan fingerprint density at radius 2 is 2.17 bits per heavy atom. The highest BCUT2D eigenvalue weighted by Gasteiger charge is 2.14. The third-order valence-corrected chi connectivity index (χ3v) is 3.41. The van der Waals surface area contributed by atoms with E-state index in [-0.39, 0.29) is 5.91 Å². The Kier molecular flexibility index (Phi) is 4.31. The molecule has 1 aromatic heterocycles. The van der Waals surface area contributed by atoms with Crippen molar-refractivity contribution >= 4 is 32.7 Å². The molecule has 0 saturated heterocycles. The Morgan fingerprint density at radius 3 is 2.94 bits per heavy atom. The molecule has 2 aromatic rings. The van der Waals surface area contributed by atoms with E-state index in [0.717, 1.165) is 34.8 Å². The maximum Gasteiger partial charge on any atom is 0.254 e. The molecular weight excluding hydrogens is 292 g/mol. The lowest BCUT2D eigenvalue weighted by Crippen LogP contribution is -2.28. The van der Waals surface area contributed by atoms with Gasteiger partial charge in [-0.15, -0.1) is 0 Å². The van der Waals surface area contributed by atoms with Crippen LogP contribution in [0.1, 0.15) is 16.8 Å². The monoisotopic (exact) mass is 306 g/mol. The zero-order chi connectivity index (χ0) is 13.0. The molecule has 1 aromatic carbocycles. The summed E-state index contributed by atoms with van der Waals surface area (Å²) in [5.74, 6) is 0.0505. The summed E-state index contributed by atoms with van der Waals surface area (Å²) in [5.41, 5.74) is 1.58. The molecule has 3 nitrogen and oxygen atoms in total. The van der Waals surface area contributed by atoms with Crippen molar-refractivity contribution in [3.63, 3.8) is 0 Å². The molecule has 18 heavy (non-hydrogen) atoms. The van der Waals surface area contributed by atoms with Crippen molar-refractivity contribution in [1.82, 2.24) is 9.88 Å². The van der Waals surface area contributed by atoms with E-state index in [1.807, 2.05) is 37.4 Å². The van der Waals surface area contributed by atoms with Gasteiger partial charge in [0.05, 0.1) is 5.52 Å². The van der Waals surface area contributed by atoms with Gasteiger partial charge in [-0.25, -0.2) is 0 Å². The zero-order valence-electron chi connectivity index (χ0n) is 10.3. The summed E-state index contributed by atoms with van der Waals surface area (Å²) < 4.78 is 0. The summed E-state index contributed by atoms with van der Waals surface area (Å²) in [6.07, 6.45) is 2.69. The minimum absolute atomic E-state index is 0.0505. The van der Waals surface area contributed by atoms with Gasteiger partial charge in [0.15, 0.2) is 0 Å². The van der Waals surface area contributed by atoms with Crippen LogP contribution in [0.25, 0.3) is 10.9 Å². The second kappa shape index (κ2) is 5.96. The molecule has 0 fully saturated rings. The predicted molar refractivity (Wildman–Crippen MR) is 77.1 cm³/mol. The van der Waals surface area contributed by atoms with Gasteiger partial charge in [0.1, 0.15) is 0 Å². The number of hydrogen-bond donors (Lipinski definition) is 0. The number of hydrogen-bond acceptors (Lipinski definition) is 2. The van der Waals surface area contributed by atoms with E-state index in [9.17, 15) is 4.79 Å². The second-order valence-electron chi connectivity index (χ2n) is 4.14. The summed E-state index contributed by atoms with van der Waals surface area (Å²) in [6.45, 7) is 0.751. The number of carbonyl (C=O) groups excluding carboxylic acids is 1. The average Bonchev–Trinajstić information content (AvgIpc) is 2.43. The van der Waals surface area contributed by atoms with E-state index in [1.165, 1.54) is 0 Å². The first-order valence-electron chi connectivity index (χ1n) is 5.89. The fourth-order valence-corrected chi connectivity index (χ4v) is 2.14. The lowest BCUT2D eigenvalue weighted by atomic mass is 10.1. The van der Waals surface area contributed by atoms with Crippen LogP contribution in [0.5, 0.6) is 0 Å². The first-order chi connectivity index (χ1) is 8.74. The first-order valence-corrected chi connectivity index (χ1v) is 7.01. The van der Waals surface area contributed by atoms with Crippen molar-refractivity contribution in [2.24, 2.45) is 0 Å². The lowest BCUT2D eigenvalue weighted by Gasteiger charge is -2.17. The van der Waals surface area contributed by atoms with Crippen LogP contribution in [0.15, 0.2) is 36.5 Å². The highest BCUT2D eigenvalue weighted by Crippen LogP contribution is 2.17. The molecule has 4 heteroatoms. The van der Waals surface area contributed by atoms with Crippen LogP contribution in [-0.4, -0.2) is 34.7 Å². The average molecular weight is 307 g/mol. The summed E-state index contributed by atoms with van der Waals surface area (Å²) in [7, 11) is 1.83. The molecule has 0 atom stereocenters. The van der Waals surface area contributed by atoms with Gasteiger partial charge in [0, 0.05) is 36.1 Å². The van der Waals surface area contributed by atoms with Gasteiger partial charge in [-0.3, -0.25) is 9.78 Å². The van der Waals surface area contributed by atoms with Crippen LogP contribution in [0.4, 0.5) is 0 Å². The van der Waals surface area contributed by atoms with Gasteiger partial charge in [-0.05, 0) is 24.6 Å². The molecule has 2 rings (SSSR count). The molecule has 0 bridgehead atoms.